The molecule has 0 N–H and O–H groups in total. The van der Waals surface area contributed by atoms with Crippen LogP contribution in [0.5, 0.6) is 5.75 Å². The van der Waals surface area contributed by atoms with E-state index >= 15 is 0 Å². The van der Waals surface area contributed by atoms with Crippen molar-refractivity contribution < 1.29 is 4.74 Å². The molecular formula is C18H19ClO. The van der Waals surface area contributed by atoms with Crippen molar-refractivity contribution in [2.45, 2.75) is 31.8 Å². The first-order valence-corrected chi connectivity index (χ1v) is 7.67. The maximum Gasteiger partial charge on any atom is 0.123 e. The summed E-state index contributed by atoms with van der Waals surface area (Å²) in [6.45, 7) is 2.12. The molecule has 3 rings (SSSR count). The predicted octanol–water partition coefficient (Wildman–Crippen LogP) is 4.71. The number of benzene rings is 2. The number of fused-ring (bicyclic) bond motifs is 1. The summed E-state index contributed by atoms with van der Waals surface area (Å²) in [7, 11) is 0. The number of aryl methyl sites for hydroxylation is 1. The van der Waals surface area contributed by atoms with Crippen LogP contribution < -0.4 is 4.74 Å². The molecule has 0 radical (unpaired) electrons. The largest absolute Gasteiger partial charge is 0.490 e. The number of alkyl halides is 1. The average Bonchev–Trinajstić information content (AvgIpc) is 2.87. The second-order valence-corrected chi connectivity index (χ2v) is 5.86. The van der Waals surface area contributed by atoms with Crippen molar-refractivity contribution in [1.82, 2.24) is 0 Å². The zero-order valence-corrected chi connectivity index (χ0v) is 12.4. The van der Waals surface area contributed by atoms with Gasteiger partial charge in [0.25, 0.3) is 0 Å². The SMILES string of the molecule is Cc1ccc2c(c1)CC(CC(CCl)c1ccccc1)O2. The van der Waals surface area contributed by atoms with E-state index in [0.29, 0.717) is 11.8 Å². The highest BCUT2D eigenvalue weighted by atomic mass is 35.5. The number of rotatable bonds is 4. The molecule has 0 saturated carbocycles. The summed E-state index contributed by atoms with van der Waals surface area (Å²) in [5.74, 6) is 2.04. The van der Waals surface area contributed by atoms with Gasteiger partial charge in [-0.25, -0.2) is 0 Å². The molecule has 2 atom stereocenters. The first-order chi connectivity index (χ1) is 9.76. The molecule has 2 heteroatoms. The summed E-state index contributed by atoms with van der Waals surface area (Å²) in [4.78, 5) is 0. The van der Waals surface area contributed by atoms with Crippen molar-refractivity contribution in [3.05, 3.63) is 65.2 Å². The van der Waals surface area contributed by atoms with Gasteiger partial charge in [0.05, 0.1) is 0 Å². The Labute approximate surface area is 125 Å². The first kappa shape index (κ1) is 13.5. The van der Waals surface area contributed by atoms with Crippen LogP contribution in [-0.4, -0.2) is 12.0 Å². The number of hydrogen-bond donors (Lipinski definition) is 0. The third-order valence-electron chi connectivity index (χ3n) is 3.96. The Hall–Kier alpha value is -1.47. The van der Waals surface area contributed by atoms with Gasteiger partial charge in [-0.3, -0.25) is 0 Å². The molecule has 0 fully saturated rings. The quantitative estimate of drug-likeness (QED) is 0.740. The van der Waals surface area contributed by atoms with Crippen LogP contribution in [0.15, 0.2) is 48.5 Å². The molecule has 20 heavy (non-hydrogen) atoms. The summed E-state index contributed by atoms with van der Waals surface area (Å²) in [6.07, 6.45) is 2.22. The lowest BCUT2D eigenvalue weighted by Gasteiger charge is -2.18. The molecule has 0 aromatic heterocycles. The Morgan fingerprint density at radius 2 is 2.00 bits per heavy atom. The van der Waals surface area contributed by atoms with Gasteiger partial charge in [-0.2, -0.15) is 0 Å². The first-order valence-electron chi connectivity index (χ1n) is 7.13. The van der Waals surface area contributed by atoms with Gasteiger partial charge in [0.1, 0.15) is 11.9 Å². The van der Waals surface area contributed by atoms with Crippen LogP contribution in [0.2, 0.25) is 0 Å². The molecule has 1 nitrogen and oxygen atoms in total. The molecule has 1 aliphatic rings. The molecule has 0 aliphatic carbocycles. The zero-order chi connectivity index (χ0) is 13.9. The van der Waals surface area contributed by atoms with Gasteiger partial charge in [0.2, 0.25) is 0 Å². The van der Waals surface area contributed by atoms with E-state index in [1.807, 2.05) is 6.07 Å². The lowest BCUT2D eigenvalue weighted by molar-refractivity contribution is 0.213. The Morgan fingerprint density at radius 3 is 2.75 bits per heavy atom. The van der Waals surface area contributed by atoms with Gasteiger partial charge in [-0.15, -0.1) is 11.6 Å². The summed E-state index contributed by atoms with van der Waals surface area (Å²) < 4.78 is 6.06. The van der Waals surface area contributed by atoms with E-state index in [0.717, 1.165) is 18.6 Å². The van der Waals surface area contributed by atoms with E-state index in [1.54, 1.807) is 0 Å². The van der Waals surface area contributed by atoms with Crippen molar-refractivity contribution in [2.24, 2.45) is 0 Å². The highest BCUT2D eigenvalue weighted by Crippen LogP contribution is 2.34. The number of hydrogen-bond acceptors (Lipinski definition) is 1. The zero-order valence-electron chi connectivity index (χ0n) is 11.7. The van der Waals surface area contributed by atoms with E-state index < -0.39 is 0 Å². The summed E-state index contributed by atoms with van der Waals surface area (Å²) in [6, 6.07) is 16.9. The topological polar surface area (TPSA) is 9.23 Å². The Kier molecular flexibility index (Phi) is 3.98. The standard InChI is InChI=1S/C18H19ClO/c1-13-7-8-18-15(9-13)10-17(20-18)11-16(12-19)14-5-3-2-4-6-14/h2-9,16-17H,10-12H2,1H3. The summed E-state index contributed by atoms with van der Waals surface area (Å²) >= 11 is 6.16. The fourth-order valence-corrected chi connectivity index (χ4v) is 3.22. The van der Waals surface area contributed by atoms with Crippen LogP contribution in [0.25, 0.3) is 0 Å². The molecule has 0 amide bonds. The van der Waals surface area contributed by atoms with E-state index in [9.17, 15) is 0 Å². The van der Waals surface area contributed by atoms with Gasteiger partial charge in [-0.1, -0.05) is 48.0 Å². The van der Waals surface area contributed by atoms with E-state index in [2.05, 4.69) is 49.4 Å². The molecule has 0 bridgehead atoms. The molecule has 104 valence electrons. The van der Waals surface area contributed by atoms with Gasteiger partial charge in [0, 0.05) is 18.2 Å². The Morgan fingerprint density at radius 1 is 1.20 bits per heavy atom. The maximum absolute atomic E-state index is 6.16. The van der Waals surface area contributed by atoms with Crippen molar-refractivity contribution in [3.8, 4) is 5.75 Å². The van der Waals surface area contributed by atoms with Gasteiger partial charge in [0.15, 0.2) is 0 Å². The minimum Gasteiger partial charge on any atom is -0.490 e. The third-order valence-corrected chi connectivity index (χ3v) is 4.33. The van der Waals surface area contributed by atoms with Crippen molar-refractivity contribution in [1.29, 1.82) is 0 Å². The molecule has 1 aliphatic heterocycles. The van der Waals surface area contributed by atoms with Crippen LogP contribution >= 0.6 is 11.6 Å². The molecule has 0 saturated heterocycles. The van der Waals surface area contributed by atoms with Gasteiger partial charge < -0.3 is 4.74 Å². The maximum atomic E-state index is 6.16. The normalized spacial score (nSPS) is 18.4. The molecule has 1 heterocycles. The fraction of sp³-hybridized carbons (Fsp3) is 0.333. The minimum atomic E-state index is 0.246. The highest BCUT2D eigenvalue weighted by Gasteiger charge is 2.26. The Bertz CT molecular complexity index is 579. The predicted molar refractivity (Wildman–Crippen MR) is 83.8 cm³/mol. The second-order valence-electron chi connectivity index (χ2n) is 5.55. The molecular weight excluding hydrogens is 268 g/mol. The third kappa shape index (κ3) is 2.83. The fourth-order valence-electron chi connectivity index (χ4n) is 2.91. The van der Waals surface area contributed by atoms with Crippen LogP contribution in [0.1, 0.15) is 29.0 Å². The summed E-state index contributed by atoms with van der Waals surface area (Å²) in [5, 5.41) is 0. The van der Waals surface area contributed by atoms with Crippen LogP contribution in [0.4, 0.5) is 0 Å². The van der Waals surface area contributed by atoms with E-state index in [1.165, 1.54) is 16.7 Å². The van der Waals surface area contributed by atoms with Crippen LogP contribution in [0, 0.1) is 6.92 Å². The minimum absolute atomic E-state index is 0.246. The second kappa shape index (κ2) is 5.88. The number of halogens is 1. The van der Waals surface area contributed by atoms with Gasteiger partial charge in [-0.05, 0) is 30.5 Å². The van der Waals surface area contributed by atoms with Gasteiger partial charge >= 0.3 is 0 Å². The number of ether oxygens (including phenoxy) is 1. The molecule has 2 unspecified atom stereocenters. The van der Waals surface area contributed by atoms with Crippen molar-refractivity contribution in [3.63, 3.8) is 0 Å². The van der Waals surface area contributed by atoms with Crippen molar-refractivity contribution >= 4 is 11.6 Å². The molecule has 2 aromatic carbocycles. The van der Waals surface area contributed by atoms with E-state index in [4.69, 9.17) is 16.3 Å². The summed E-state index contributed by atoms with van der Waals surface area (Å²) in [5.41, 5.74) is 3.93. The van der Waals surface area contributed by atoms with Crippen LogP contribution in [-0.2, 0) is 6.42 Å². The molecule has 2 aromatic rings. The van der Waals surface area contributed by atoms with Crippen LogP contribution in [0.3, 0.4) is 0 Å². The van der Waals surface area contributed by atoms with Crippen molar-refractivity contribution in [2.75, 3.05) is 5.88 Å². The average molecular weight is 287 g/mol. The Balaban J connectivity index is 1.70. The van der Waals surface area contributed by atoms with E-state index in [-0.39, 0.29) is 6.10 Å². The lowest BCUT2D eigenvalue weighted by atomic mass is 9.93. The molecule has 0 spiro atoms. The highest BCUT2D eigenvalue weighted by molar-refractivity contribution is 6.18. The smallest absolute Gasteiger partial charge is 0.123 e. The lowest BCUT2D eigenvalue weighted by Crippen LogP contribution is -2.18. The monoisotopic (exact) mass is 286 g/mol.